The van der Waals surface area contributed by atoms with Gasteiger partial charge in [0.05, 0.1) is 12.7 Å². The smallest absolute Gasteiger partial charge is 0.118 e. The van der Waals surface area contributed by atoms with Crippen molar-refractivity contribution in [1.29, 1.82) is 0 Å². The second kappa shape index (κ2) is 5.74. The number of rotatable bonds is 3. The van der Waals surface area contributed by atoms with E-state index in [1.807, 2.05) is 12.1 Å². The molecule has 1 aromatic carbocycles. The third-order valence-electron chi connectivity index (χ3n) is 5.13. The first-order valence-electron chi connectivity index (χ1n) is 7.80. The third-order valence-corrected chi connectivity index (χ3v) is 5.13. The lowest BCUT2D eigenvalue weighted by Crippen LogP contribution is -2.58. The predicted molar refractivity (Wildman–Crippen MR) is 80.0 cm³/mol. The van der Waals surface area contributed by atoms with Crippen LogP contribution < -0.4 is 10.1 Å². The fourth-order valence-electron chi connectivity index (χ4n) is 3.98. The molecule has 1 aliphatic heterocycles. The molecular formula is C17H25NO2. The van der Waals surface area contributed by atoms with E-state index in [-0.39, 0.29) is 0 Å². The first-order valence-corrected chi connectivity index (χ1v) is 7.80. The van der Waals surface area contributed by atoms with Gasteiger partial charge in [-0.25, -0.2) is 0 Å². The zero-order valence-corrected chi connectivity index (χ0v) is 12.3. The molecular weight excluding hydrogens is 250 g/mol. The van der Waals surface area contributed by atoms with Gasteiger partial charge in [0.2, 0.25) is 0 Å². The Balaban J connectivity index is 1.71. The topological polar surface area (TPSA) is 41.5 Å². The van der Waals surface area contributed by atoms with E-state index in [0.29, 0.717) is 12.0 Å². The van der Waals surface area contributed by atoms with Crippen molar-refractivity contribution in [1.82, 2.24) is 5.32 Å². The number of piperidine rings is 1. The molecule has 2 fully saturated rings. The summed E-state index contributed by atoms with van der Waals surface area (Å²) in [5.74, 6) is 1.31. The van der Waals surface area contributed by atoms with Gasteiger partial charge in [0.1, 0.15) is 5.75 Å². The maximum Gasteiger partial charge on any atom is 0.118 e. The van der Waals surface area contributed by atoms with Gasteiger partial charge in [-0.05, 0) is 49.9 Å². The highest BCUT2D eigenvalue weighted by Crippen LogP contribution is 2.41. The summed E-state index contributed by atoms with van der Waals surface area (Å²) in [4.78, 5) is 0. The number of aliphatic hydroxyl groups is 1. The molecule has 0 bridgehead atoms. The predicted octanol–water partition coefficient (Wildman–Crippen LogP) is 2.52. The summed E-state index contributed by atoms with van der Waals surface area (Å²) in [6.07, 6.45) is 6.49. The lowest BCUT2D eigenvalue weighted by atomic mass is 9.67. The van der Waals surface area contributed by atoms with E-state index in [9.17, 15) is 5.11 Å². The van der Waals surface area contributed by atoms with Crippen molar-refractivity contribution >= 4 is 0 Å². The Morgan fingerprint density at radius 1 is 1.25 bits per heavy atom. The highest BCUT2D eigenvalue weighted by molar-refractivity contribution is 5.28. The molecule has 2 aliphatic rings. The van der Waals surface area contributed by atoms with E-state index >= 15 is 0 Å². The SMILES string of the molecule is COc1ccc(C[C@H]2NCC[C@@]3(O)CCCC[C@@H]23)cc1. The first-order chi connectivity index (χ1) is 9.71. The van der Waals surface area contributed by atoms with Crippen LogP contribution in [0.4, 0.5) is 0 Å². The number of hydrogen-bond donors (Lipinski definition) is 2. The highest BCUT2D eigenvalue weighted by Gasteiger charge is 2.45. The van der Waals surface area contributed by atoms with E-state index in [0.717, 1.165) is 38.0 Å². The number of nitrogens with one attached hydrogen (secondary N) is 1. The molecule has 0 spiro atoms. The minimum absolute atomic E-state index is 0.405. The van der Waals surface area contributed by atoms with Crippen LogP contribution in [0.5, 0.6) is 5.75 Å². The molecule has 1 aliphatic carbocycles. The molecule has 3 nitrogen and oxygen atoms in total. The molecule has 20 heavy (non-hydrogen) atoms. The Labute approximate surface area is 121 Å². The minimum atomic E-state index is -0.416. The monoisotopic (exact) mass is 275 g/mol. The van der Waals surface area contributed by atoms with Crippen LogP contribution in [0.15, 0.2) is 24.3 Å². The molecule has 0 unspecified atom stereocenters. The third kappa shape index (κ3) is 2.70. The maximum atomic E-state index is 10.9. The van der Waals surface area contributed by atoms with Crippen molar-refractivity contribution in [2.75, 3.05) is 13.7 Å². The fraction of sp³-hybridized carbons (Fsp3) is 0.647. The van der Waals surface area contributed by atoms with Gasteiger partial charge in [-0.15, -0.1) is 0 Å². The maximum absolute atomic E-state index is 10.9. The summed E-state index contributed by atoms with van der Waals surface area (Å²) in [7, 11) is 1.69. The van der Waals surface area contributed by atoms with E-state index in [2.05, 4.69) is 17.4 Å². The lowest BCUT2D eigenvalue weighted by molar-refractivity contribution is -0.0850. The quantitative estimate of drug-likeness (QED) is 0.890. The van der Waals surface area contributed by atoms with Crippen LogP contribution in [-0.2, 0) is 6.42 Å². The summed E-state index contributed by atoms with van der Waals surface area (Å²) < 4.78 is 5.21. The molecule has 2 N–H and O–H groups in total. The van der Waals surface area contributed by atoms with Gasteiger partial charge in [-0.1, -0.05) is 25.0 Å². The second-order valence-corrected chi connectivity index (χ2v) is 6.32. The molecule has 0 aromatic heterocycles. The number of ether oxygens (including phenoxy) is 1. The van der Waals surface area contributed by atoms with Crippen LogP contribution in [0.25, 0.3) is 0 Å². The van der Waals surface area contributed by atoms with Gasteiger partial charge in [0.25, 0.3) is 0 Å². The Bertz CT molecular complexity index is 441. The largest absolute Gasteiger partial charge is 0.497 e. The summed E-state index contributed by atoms with van der Waals surface area (Å²) in [6, 6.07) is 8.72. The Morgan fingerprint density at radius 2 is 2.05 bits per heavy atom. The fourth-order valence-corrected chi connectivity index (χ4v) is 3.98. The van der Waals surface area contributed by atoms with Crippen molar-refractivity contribution in [3.63, 3.8) is 0 Å². The van der Waals surface area contributed by atoms with E-state index in [1.54, 1.807) is 7.11 Å². The first kappa shape index (κ1) is 13.9. The van der Waals surface area contributed by atoms with Gasteiger partial charge < -0.3 is 15.2 Å². The number of methoxy groups -OCH3 is 1. The van der Waals surface area contributed by atoms with Crippen molar-refractivity contribution in [2.24, 2.45) is 5.92 Å². The minimum Gasteiger partial charge on any atom is -0.497 e. The van der Waals surface area contributed by atoms with E-state index < -0.39 is 5.60 Å². The van der Waals surface area contributed by atoms with E-state index in [1.165, 1.54) is 18.4 Å². The van der Waals surface area contributed by atoms with Crippen molar-refractivity contribution < 1.29 is 9.84 Å². The summed E-state index contributed by atoms with van der Waals surface area (Å²) in [5.41, 5.74) is 0.902. The van der Waals surface area contributed by atoms with Crippen molar-refractivity contribution in [3.05, 3.63) is 29.8 Å². The molecule has 3 heteroatoms. The standard InChI is InChI=1S/C17H25NO2/c1-20-14-7-5-13(6-8-14)12-16-15-4-2-3-9-17(15,19)10-11-18-16/h5-8,15-16,18-19H,2-4,9-12H2,1H3/t15-,16+,17-/m0/s1. The zero-order valence-electron chi connectivity index (χ0n) is 12.3. The lowest BCUT2D eigenvalue weighted by Gasteiger charge is -2.48. The average Bonchev–Trinajstić information content (AvgIpc) is 2.48. The van der Waals surface area contributed by atoms with Crippen molar-refractivity contribution in [2.45, 2.75) is 50.2 Å². The Kier molecular flexibility index (Phi) is 3.99. The van der Waals surface area contributed by atoms with Gasteiger partial charge in [-0.3, -0.25) is 0 Å². The van der Waals surface area contributed by atoms with Gasteiger partial charge in [0, 0.05) is 12.0 Å². The molecule has 3 rings (SSSR count). The van der Waals surface area contributed by atoms with Crippen LogP contribution in [0.2, 0.25) is 0 Å². The van der Waals surface area contributed by atoms with Crippen molar-refractivity contribution in [3.8, 4) is 5.75 Å². The summed E-state index contributed by atoms with van der Waals surface area (Å²) >= 11 is 0. The Morgan fingerprint density at radius 3 is 2.80 bits per heavy atom. The van der Waals surface area contributed by atoms with Gasteiger partial charge >= 0.3 is 0 Å². The molecule has 1 aromatic rings. The molecule has 110 valence electrons. The summed E-state index contributed by atoms with van der Waals surface area (Å²) in [6.45, 7) is 0.938. The van der Waals surface area contributed by atoms with Crippen LogP contribution in [0.1, 0.15) is 37.7 Å². The highest BCUT2D eigenvalue weighted by atomic mass is 16.5. The normalized spacial score (nSPS) is 33.5. The molecule has 0 radical (unpaired) electrons. The van der Waals surface area contributed by atoms with Crippen LogP contribution in [-0.4, -0.2) is 30.4 Å². The molecule has 3 atom stereocenters. The van der Waals surface area contributed by atoms with Crippen LogP contribution in [0, 0.1) is 5.92 Å². The molecule has 1 heterocycles. The van der Waals surface area contributed by atoms with Crippen LogP contribution in [0.3, 0.4) is 0 Å². The van der Waals surface area contributed by atoms with Crippen LogP contribution >= 0.6 is 0 Å². The summed E-state index contributed by atoms with van der Waals surface area (Å²) in [5, 5.41) is 14.5. The number of benzene rings is 1. The van der Waals surface area contributed by atoms with Gasteiger partial charge in [0.15, 0.2) is 0 Å². The Hall–Kier alpha value is -1.06. The molecule has 0 amide bonds. The second-order valence-electron chi connectivity index (χ2n) is 6.32. The average molecular weight is 275 g/mol. The number of fused-ring (bicyclic) bond motifs is 1. The molecule has 1 saturated carbocycles. The zero-order chi connectivity index (χ0) is 14.0. The van der Waals surface area contributed by atoms with Gasteiger partial charge in [-0.2, -0.15) is 0 Å². The number of hydrogen-bond acceptors (Lipinski definition) is 3. The van der Waals surface area contributed by atoms with E-state index in [4.69, 9.17) is 4.74 Å². The molecule has 1 saturated heterocycles.